The minimum Gasteiger partial charge on any atom is -0.409 e. The Kier molecular flexibility index (Phi) is 4.46. The fourth-order valence-corrected chi connectivity index (χ4v) is 4.06. The van der Waals surface area contributed by atoms with E-state index in [-0.39, 0.29) is 29.4 Å². The number of hydrogen-bond donors (Lipinski definition) is 1. The molecule has 0 spiro atoms. The topological polar surface area (TPSA) is 39.7 Å². The lowest BCUT2D eigenvalue weighted by Gasteiger charge is -2.40. The fourth-order valence-electron chi connectivity index (χ4n) is 2.78. The van der Waals surface area contributed by atoms with Gasteiger partial charge in [-0.3, -0.25) is 0 Å². The Morgan fingerprint density at radius 3 is 2.48 bits per heavy atom. The van der Waals surface area contributed by atoms with Crippen LogP contribution in [-0.2, 0) is 13.9 Å². The third-order valence-corrected chi connectivity index (χ3v) is 9.43. The largest absolute Gasteiger partial charge is 0.409 e. The van der Waals surface area contributed by atoms with Crippen LogP contribution in [0.15, 0.2) is 12.7 Å². The number of nitrogens with one attached hydrogen (secondary N) is 1. The Balaban J connectivity index is 2.11. The van der Waals surface area contributed by atoms with Gasteiger partial charge in [0.25, 0.3) is 0 Å². The van der Waals surface area contributed by atoms with Crippen LogP contribution in [-0.4, -0.2) is 45.0 Å². The predicted octanol–water partition coefficient (Wildman–Crippen LogP) is 3.05. The van der Waals surface area contributed by atoms with Gasteiger partial charge >= 0.3 is 0 Å². The molecule has 0 aromatic heterocycles. The van der Waals surface area contributed by atoms with Crippen LogP contribution in [0.5, 0.6) is 0 Å². The van der Waals surface area contributed by atoms with Crippen molar-refractivity contribution < 1.29 is 13.9 Å². The second-order valence-corrected chi connectivity index (χ2v) is 12.9. The van der Waals surface area contributed by atoms with Crippen LogP contribution < -0.4 is 5.32 Å². The highest BCUT2D eigenvalue weighted by atomic mass is 28.4. The Morgan fingerprint density at radius 1 is 1.33 bits per heavy atom. The van der Waals surface area contributed by atoms with Crippen LogP contribution in [0.2, 0.25) is 18.1 Å². The van der Waals surface area contributed by atoms with Crippen molar-refractivity contribution in [3.8, 4) is 0 Å². The third-order valence-electron chi connectivity index (χ3n) is 4.95. The van der Waals surface area contributed by atoms with Crippen LogP contribution in [0, 0.1) is 0 Å². The molecule has 4 atom stereocenters. The second-order valence-electron chi connectivity index (χ2n) is 8.15. The SMILES string of the molecule is C=C[C@H](O[Si](C)(C)C(C)(C)C)[C@H]1NC[C@H]2OC(C)(C)O[C@@H]12. The van der Waals surface area contributed by atoms with Crippen molar-refractivity contribution >= 4 is 8.32 Å². The monoisotopic (exact) mass is 313 g/mol. The molecule has 2 aliphatic rings. The summed E-state index contributed by atoms with van der Waals surface area (Å²) in [5.74, 6) is -0.502. The molecule has 0 aliphatic carbocycles. The van der Waals surface area contributed by atoms with Crippen LogP contribution in [0.25, 0.3) is 0 Å². The van der Waals surface area contributed by atoms with Crippen molar-refractivity contribution in [2.75, 3.05) is 6.54 Å². The van der Waals surface area contributed by atoms with E-state index >= 15 is 0 Å². The van der Waals surface area contributed by atoms with Gasteiger partial charge in [0.2, 0.25) is 0 Å². The van der Waals surface area contributed by atoms with Crippen molar-refractivity contribution in [3.05, 3.63) is 12.7 Å². The molecule has 4 nitrogen and oxygen atoms in total. The number of rotatable bonds is 4. The molecule has 2 saturated heterocycles. The Morgan fingerprint density at radius 2 is 1.95 bits per heavy atom. The first-order valence-corrected chi connectivity index (χ1v) is 10.8. The average molecular weight is 314 g/mol. The minimum atomic E-state index is -1.84. The summed E-state index contributed by atoms with van der Waals surface area (Å²) < 4.78 is 18.5. The maximum Gasteiger partial charge on any atom is 0.192 e. The normalized spacial score (nSPS) is 33.8. The van der Waals surface area contributed by atoms with E-state index in [0.717, 1.165) is 6.54 Å². The molecule has 0 radical (unpaired) electrons. The Bertz CT molecular complexity index is 403. The molecule has 0 saturated carbocycles. The van der Waals surface area contributed by atoms with E-state index in [2.05, 4.69) is 45.8 Å². The smallest absolute Gasteiger partial charge is 0.192 e. The van der Waals surface area contributed by atoms with Gasteiger partial charge in [-0.2, -0.15) is 0 Å². The molecular formula is C16H31NO3Si. The summed E-state index contributed by atoms with van der Waals surface area (Å²) in [7, 11) is -1.84. The highest BCUT2D eigenvalue weighted by Crippen LogP contribution is 2.40. The number of ether oxygens (including phenoxy) is 2. The van der Waals surface area contributed by atoms with E-state index in [1.54, 1.807) is 0 Å². The summed E-state index contributed by atoms with van der Waals surface area (Å²) in [5.41, 5.74) is 0. The van der Waals surface area contributed by atoms with Gasteiger partial charge in [-0.15, -0.1) is 6.58 Å². The van der Waals surface area contributed by atoms with Gasteiger partial charge in [0.1, 0.15) is 12.2 Å². The molecule has 122 valence electrons. The average Bonchev–Trinajstić information content (AvgIpc) is 2.79. The summed E-state index contributed by atoms with van der Waals surface area (Å²) in [6.45, 7) is 20.0. The summed E-state index contributed by atoms with van der Waals surface area (Å²) in [6.07, 6.45) is 2.01. The van der Waals surface area contributed by atoms with Crippen LogP contribution in [0.1, 0.15) is 34.6 Å². The molecule has 2 aliphatic heterocycles. The molecular weight excluding hydrogens is 282 g/mol. The lowest BCUT2D eigenvalue weighted by Crippen LogP contribution is -2.51. The second kappa shape index (κ2) is 5.46. The lowest BCUT2D eigenvalue weighted by atomic mass is 10.1. The van der Waals surface area contributed by atoms with Gasteiger partial charge in [-0.25, -0.2) is 0 Å². The van der Waals surface area contributed by atoms with Crippen LogP contribution >= 0.6 is 0 Å². The molecule has 0 bridgehead atoms. The Labute approximate surface area is 130 Å². The van der Waals surface area contributed by atoms with E-state index < -0.39 is 14.1 Å². The third kappa shape index (κ3) is 3.42. The zero-order chi connectivity index (χ0) is 16.1. The number of hydrogen-bond acceptors (Lipinski definition) is 4. The predicted molar refractivity (Wildman–Crippen MR) is 87.9 cm³/mol. The molecule has 0 aromatic rings. The zero-order valence-electron chi connectivity index (χ0n) is 14.5. The van der Waals surface area contributed by atoms with Gasteiger partial charge in [0.15, 0.2) is 14.1 Å². The molecule has 0 amide bonds. The highest BCUT2D eigenvalue weighted by Gasteiger charge is 2.52. The van der Waals surface area contributed by atoms with Crippen molar-refractivity contribution in [3.63, 3.8) is 0 Å². The van der Waals surface area contributed by atoms with Crippen molar-refractivity contribution in [1.82, 2.24) is 5.32 Å². The first-order chi connectivity index (χ1) is 9.47. The van der Waals surface area contributed by atoms with E-state index in [9.17, 15) is 0 Å². The van der Waals surface area contributed by atoms with E-state index in [1.807, 2.05) is 19.9 Å². The fraction of sp³-hybridized carbons (Fsp3) is 0.875. The van der Waals surface area contributed by atoms with Crippen LogP contribution in [0.3, 0.4) is 0 Å². The van der Waals surface area contributed by atoms with Gasteiger partial charge in [-0.1, -0.05) is 26.8 Å². The maximum absolute atomic E-state index is 6.53. The molecule has 5 heteroatoms. The Hall–Kier alpha value is -0.203. The summed E-state index contributed by atoms with van der Waals surface area (Å²) in [5, 5.41) is 3.68. The van der Waals surface area contributed by atoms with Gasteiger partial charge in [0.05, 0.1) is 12.1 Å². The van der Waals surface area contributed by atoms with Crippen LogP contribution in [0.4, 0.5) is 0 Å². The molecule has 21 heavy (non-hydrogen) atoms. The van der Waals surface area contributed by atoms with Gasteiger partial charge in [0, 0.05) is 6.54 Å². The molecule has 2 rings (SSSR count). The first-order valence-electron chi connectivity index (χ1n) is 7.86. The minimum absolute atomic E-state index is 0.0350. The first kappa shape index (κ1) is 17.2. The van der Waals surface area contributed by atoms with Crippen molar-refractivity contribution in [2.24, 2.45) is 0 Å². The standard InChI is InChI=1S/C16H31NO3Si/c1-9-11(20-21(7,8)15(2,3)4)13-14-12(10-17-13)18-16(5,6)19-14/h9,11-14,17H,1,10H2,2-8H3/t11-,12+,13+,14+/m0/s1. The van der Waals surface area contributed by atoms with E-state index in [4.69, 9.17) is 13.9 Å². The molecule has 2 heterocycles. The zero-order valence-corrected chi connectivity index (χ0v) is 15.5. The maximum atomic E-state index is 6.53. The molecule has 0 unspecified atom stereocenters. The molecule has 0 aromatic carbocycles. The quantitative estimate of drug-likeness (QED) is 0.639. The highest BCUT2D eigenvalue weighted by molar-refractivity contribution is 6.74. The number of fused-ring (bicyclic) bond motifs is 1. The van der Waals surface area contributed by atoms with Gasteiger partial charge in [-0.05, 0) is 32.0 Å². The molecule has 2 fully saturated rings. The van der Waals surface area contributed by atoms with Crippen molar-refractivity contribution in [1.29, 1.82) is 0 Å². The lowest BCUT2D eigenvalue weighted by molar-refractivity contribution is -0.154. The summed E-state index contributed by atoms with van der Waals surface area (Å²) in [6, 6.07) is 0.114. The van der Waals surface area contributed by atoms with Gasteiger partial charge < -0.3 is 19.2 Å². The summed E-state index contributed by atoms with van der Waals surface area (Å²) >= 11 is 0. The van der Waals surface area contributed by atoms with Crippen molar-refractivity contribution in [2.45, 2.75) is 82.9 Å². The van der Waals surface area contributed by atoms with E-state index in [0.29, 0.717) is 0 Å². The summed E-state index contributed by atoms with van der Waals surface area (Å²) in [4.78, 5) is 0. The molecule has 1 N–H and O–H groups in total. The van der Waals surface area contributed by atoms with E-state index in [1.165, 1.54) is 0 Å².